The zero-order valence-electron chi connectivity index (χ0n) is 17.2. The molecule has 3 heterocycles. The second-order valence-electron chi connectivity index (χ2n) is 6.71. The standard InChI is InChI=1S/C22H18N8O3/c31-22(17-10-4-6-12-23-17)28-27-20-19(30(32)33)21(26-15-25-20)29(18-11-5-7-13-24-18)14-16-8-2-1-3-9-16/h1-13,15H,14H2,(H,28,31)(H,25,26,27). The fourth-order valence-corrected chi connectivity index (χ4v) is 3.05. The molecule has 1 amide bonds. The summed E-state index contributed by atoms with van der Waals surface area (Å²) < 4.78 is 0. The summed E-state index contributed by atoms with van der Waals surface area (Å²) in [5, 5.41) is 12.1. The first-order valence-corrected chi connectivity index (χ1v) is 9.83. The number of carbonyl (C=O) groups excluding carboxylic acids is 1. The van der Waals surface area contributed by atoms with Crippen LogP contribution in [0.15, 0.2) is 85.5 Å². The summed E-state index contributed by atoms with van der Waals surface area (Å²) in [6.45, 7) is 0.273. The van der Waals surface area contributed by atoms with Crippen LogP contribution in [0.5, 0.6) is 0 Å². The van der Waals surface area contributed by atoms with Crippen LogP contribution < -0.4 is 15.8 Å². The van der Waals surface area contributed by atoms with Gasteiger partial charge in [-0.2, -0.15) is 0 Å². The predicted molar refractivity (Wildman–Crippen MR) is 121 cm³/mol. The minimum absolute atomic E-state index is 0.0205. The van der Waals surface area contributed by atoms with E-state index < -0.39 is 16.5 Å². The van der Waals surface area contributed by atoms with Crippen molar-refractivity contribution in [1.82, 2.24) is 25.4 Å². The molecule has 0 saturated heterocycles. The average molecular weight is 442 g/mol. The van der Waals surface area contributed by atoms with Gasteiger partial charge < -0.3 is 4.90 Å². The number of amides is 1. The van der Waals surface area contributed by atoms with Crippen molar-refractivity contribution in [2.45, 2.75) is 6.54 Å². The number of benzene rings is 1. The van der Waals surface area contributed by atoms with Gasteiger partial charge in [0, 0.05) is 12.4 Å². The van der Waals surface area contributed by atoms with Crippen molar-refractivity contribution in [3.05, 3.63) is 107 Å². The average Bonchev–Trinajstić information content (AvgIpc) is 2.87. The molecule has 0 aliphatic heterocycles. The number of pyridine rings is 2. The Morgan fingerprint density at radius 1 is 0.909 bits per heavy atom. The maximum Gasteiger partial charge on any atom is 0.355 e. The molecule has 0 saturated carbocycles. The lowest BCUT2D eigenvalue weighted by Crippen LogP contribution is -2.31. The number of aromatic nitrogens is 4. The molecule has 1 aromatic carbocycles. The van der Waals surface area contributed by atoms with Crippen LogP contribution in [0.25, 0.3) is 0 Å². The molecule has 0 aliphatic rings. The highest BCUT2D eigenvalue weighted by atomic mass is 16.6. The molecule has 0 radical (unpaired) electrons. The molecule has 2 N–H and O–H groups in total. The molecule has 0 bridgehead atoms. The van der Waals surface area contributed by atoms with E-state index in [1.165, 1.54) is 18.6 Å². The van der Waals surface area contributed by atoms with Crippen molar-refractivity contribution < 1.29 is 9.72 Å². The van der Waals surface area contributed by atoms with Crippen LogP contribution in [0.1, 0.15) is 16.1 Å². The van der Waals surface area contributed by atoms with Crippen molar-refractivity contribution in [1.29, 1.82) is 0 Å². The third-order valence-corrected chi connectivity index (χ3v) is 4.54. The summed E-state index contributed by atoms with van der Waals surface area (Å²) in [6, 6.07) is 19.5. The molecule has 4 rings (SSSR count). The first-order chi connectivity index (χ1) is 16.1. The van der Waals surface area contributed by atoms with E-state index in [1.807, 2.05) is 30.3 Å². The number of nitro groups is 1. The second-order valence-corrected chi connectivity index (χ2v) is 6.71. The Hall–Kier alpha value is -4.93. The van der Waals surface area contributed by atoms with Crippen LogP contribution in [0, 0.1) is 10.1 Å². The van der Waals surface area contributed by atoms with Gasteiger partial charge in [0.2, 0.25) is 11.6 Å². The van der Waals surface area contributed by atoms with Gasteiger partial charge in [0.15, 0.2) is 0 Å². The van der Waals surface area contributed by atoms with E-state index in [0.717, 1.165) is 5.56 Å². The number of hydrogen-bond acceptors (Lipinski definition) is 9. The summed E-state index contributed by atoms with van der Waals surface area (Å²) in [7, 11) is 0. The molecule has 4 aromatic rings. The highest BCUT2D eigenvalue weighted by Crippen LogP contribution is 2.35. The molecule has 0 spiro atoms. The van der Waals surface area contributed by atoms with Crippen LogP contribution >= 0.6 is 0 Å². The zero-order chi connectivity index (χ0) is 23.0. The number of hydrazine groups is 1. The first kappa shape index (κ1) is 21.3. The molecular formula is C22H18N8O3. The molecule has 11 nitrogen and oxygen atoms in total. The van der Waals surface area contributed by atoms with Gasteiger partial charge in [-0.1, -0.05) is 42.5 Å². The summed E-state index contributed by atoms with van der Waals surface area (Å²) in [4.78, 5) is 41.8. The lowest BCUT2D eigenvalue weighted by Gasteiger charge is -2.23. The quantitative estimate of drug-likeness (QED) is 0.311. The minimum Gasteiger partial charge on any atom is -0.301 e. The topological polar surface area (TPSA) is 139 Å². The van der Waals surface area contributed by atoms with E-state index in [1.54, 1.807) is 41.4 Å². The molecule has 0 unspecified atom stereocenters. The van der Waals surface area contributed by atoms with E-state index in [4.69, 9.17) is 0 Å². The van der Waals surface area contributed by atoms with E-state index in [2.05, 4.69) is 30.8 Å². The van der Waals surface area contributed by atoms with Crippen LogP contribution in [-0.4, -0.2) is 30.8 Å². The Balaban J connectivity index is 1.70. The van der Waals surface area contributed by atoms with Crippen molar-refractivity contribution in [3.8, 4) is 0 Å². The Bertz CT molecular complexity index is 1240. The number of carbonyl (C=O) groups is 1. The number of anilines is 3. The summed E-state index contributed by atoms with van der Waals surface area (Å²) in [5.74, 6) is -0.266. The fraction of sp³-hybridized carbons (Fsp3) is 0.0455. The van der Waals surface area contributed by atoms with Gasteiger partial charge in [0.1, 0.15) is 17.8 Å². The molecule has 0 atom stereocenters. The molecule has 0 aliphatic carbocycles. The van der Waals surface area contributed by atoms with Gasteiger partial charge >= 0.3 is 5.69 Å². The van der Waals surface area contributed by atoms with Gasteiger partial charge in [-0.3, -0.25) is 30.7 Å². The highest BCUT2D eigenvalue weighted by molar-refractivity contribution is 5.93. The van der Waals surface area contributed by atoms with E-state index in [0.29, 0.717) is 5.82 Å². The summed E-state index contributed by atoms with van der Waals surface area (Å²) in [6.07, 6.45) is 4.24. The van der Waals surface area contributed by atoms with Gasteiger partial charge in [0.25, 0.3) is 5.91 Å². The van der Waals surface area contributed by atoms with Crippen LogP contribution in [0.3, 0.4) is 0 Å². The van der Waals surface area contributed by atoms with Crippen LogP contribution in [-0.2, 0) is 6.54 Å². The summed E-state index contributed by atoms with van der Waals surface area (Å²) in [5.41, 5.74) is 5.53. The summed E-state index contributed by atoms with van der Waals surface area (Å²) >= 11 is 0. The van der Waals surface area contributed by atoms with Crippen molar-refractivity contribution >= 4 is 29.0 Å². The Kier molecular flexibility index (Phi) is 6.40. The maximum absolute atomic E-state index is 12.3. The third-order valence-electron chi connectivity index (χ3n) is 4.54. The highest BCUT2D eigenvalue weighted by Gasteiger charge is 2.29. The monoisotopic (exact) mass is 442 g/mol. The maximum atomic E-state index is 12.3. The van der Waals surface area contributed by atoms with Crippen molar-refractivity contribution in [2.24, 2.45) is 0 Å². The van der Waals surface area contributed by atoms with Crippen molar-refractivity contribution in [3.63, 3.8) is 0 Å². The van der Waals surface area contributed by atoms with Gasteiger partial charge in [-0.15, -0.1) is 0 Å². The second kappa shape index (κ2) is 9.92. The molecule has 11 heteroatoms. The van der Waals surface area contributed by atoms with E-state index in [-0.39, 0.29) is 23.9 Å². The van der Waals surface area contributed by atoms with Crippen LogP contribution in [0.4, 0.5) is 23.1 Å². The molecule has 33 heavy (non-hydrogen) atoms. The Labute approximate surface area is 188 Å². The first-order valence-electron chi connectivity index (χ1n) is 9.83. The van der Waals surface area contributed by atoms with Crippen molar-refractivity contribution in [2.75, 3.05) is 10.3 Å². The normalized spacial score (nSPS) is 10.3. The number of hydrogen-bond donors (Lipinski definition) is 2. The number of rotatable bonds is 8. The minimum atomic E-state index is -0.606. The zero-order valence-corrected chi connectivity index (χ0v) is 17.2. The third kappa shape index (κ3) is 5.05. The van der Waals surface area contributed by atoms with Gasteiger partial charge in [-0.25, -0.2) is 15.0 Å². The lowest BCUT2D eigenvalue weighted by molar-refractivity contribution is -0.383. The Morgan fingerprint density at radius 3 is 2.30 bits per heavy atom. The Morgan fingerprint density at radius 2 is 1.64 bits per heavy atom. The molecule has 164 valence electrons. The smallest absolute Gasteiger partial charge is 0.301 e. The molecular weight excluding hydrogens is 424 g/mol. The van der Waals surface area contributed by atoms with Gasteiger partial charge in [-0.05, 0) is 29.8 Å². The lowest BCUT2D eigenvalue weighted by atomic mass is 10.2. The van der Waals surface area contributed by atoms with E-state index >= 15 is 0 Å². The fourth-order valence-electron chi connectivity index (χ4n) is 3.05. The molecule has 0 fully saturated rings. The largest absolute Gasteiger partial charge is 0.355 e. The number of nitrogens with one attached hydrogen (secondary N) is 2. The van der Waals surface area contributed by atoms with E-state index in [9.17, 15) is 14.9 Å². The van der Waals surface area contributed by atoms with Gasteiger partial charge in [0.05, 0.1) is 11.5 Å². The van der Waals surface area contributed by atoms with Crippen LogP contribution in [0.2, 0.25) is 0 Å². The SMILES string of the molecule is O=C(NNc1ncnc(N(Cc2ccccc2)c2ccccn2)c1[N+](=O)[O-])c1ccccn1. The molecule has 3 aromatic heterocycles. The number of nitrogens with zero attached hydrogens (tertiary/aromatic N) is 6. The predicted octanol–water partition coefficient (Wildman–Crippen LogP) is 3.27.